The zero-order valence-corrected chi connectivity index (χ0v) is 15.5. The number of hydrogen-bond donors (Lipinski definition) is 2. The van der Waals surface area contributed by atoms with Gasteiger partial charge in [-0.3, -0.25) is 0 Å². The van der Waals surface area contributed by atoms with Gasteiger partial charge in [-0.15, -0.1) is 0 Å². The highest BCUT2D eigenvalue weighted by molar-refractivity contribution is 5.67. The second kappa shape index (κ2) is 7.47. The van der Waals surface area contributed by atoms with Crippen LogP contribution in [0.25, 0.3) is 0 Å². The lowest BCUT2D eigenvalue weighted by atomic mass is 9.70. The summed E-state index contributed by atoms with van der Waals surface area (Å²) in [4.78, 5) is 12.0. The van der Waals surface area contributed by atoms with Gasteiger partial charge in [-0.25, -0.2) is 4.79 Å². The maximum Gasteiger partial charge on any atom is 0.407 e. The number of allylic oxidation sites excluding steroid dienone is 1. The van der Waals surface area contributed by atoms with E-state index in [4.69, 9.17) is 4.74 Å². The van der Waals surface area contributed by atoms with Crippen molar-refractivity contribution in [3.05, 3.63) is 12.2 Å². The van der Waals surface area contributed by atoms with Crippen molar-refractivity contribution < 1.29 is 9.53 Å². The van der Waals surface area contributed by atoms with Gasteiger partial charge in [0.2, 0.25) is 0 Å². The van der Waals surface area contributed by atoms with Crippen molar-refractivity contribution in [2.45, 2.75) is 83.4 Å². The molecule has 3 aliphatic rings. The predicted molar refractivity (Wildman–Crippen MR) is 96.9 cm³/mol. The third-order valence-corrected chi connectivity index (χ3v) is 5.87. The van der Waals surface area contributed by atoms with Crippen molar-refractivity contribution in [2.24, 2.45) is 17.8 Å². The van der Waals surface area contributed by atoms with Crippen molar-refractivity contribution >= 4 is 6.09 Å². The zero-order chi connectivity index (χ0) is 17.2. The average molecular weight is 335 g/mol. The first-order valence-electron chi connectivity index (χ1n) is 9.82. The summed E-state index contributed by atoms with van der Waals surface area (Å²) in [7, 11) is 0. The topological polar surface area (TPSA) is 50.4 Å². The number of rotatable bonds is 5. The third-order valence-electron chi connectivity index (χ3n) is 5.87. The summed E-state index contributed by atoms with van der Waals surface area (Å²) in [6, 6.07) is 0.971. The van der Waals surface area contributed by atoms with E-state index in [1.54, 1.807) is 0 Å². The van der Waals surface area contributed by atoms with Crippen LogP contribution in [0.2, 0.25) is 0 Å². The molecule has 2 N–H and O–H groups in total. The Morgan fingerprint density at radius 2 is 2.00 bits per heavy atom. The molecule has 0 heterocycles. The Morgan fingerprint density at radius 3 is 2.67 bits per heavy atom. The molecule has 0 aromatic heterocycles. The van der Waals surface area contributed by atoms with Gasteiger partial charge in [0, 0.05) is 18.6 Å². The standard InChI is InChI=1S/C20H34N2O2/c1-20(2,3)24-19(23)21-13-18(14-8-5-4-6-9-14)22-17-12-15-10-7-11-16(15)17/h7,11,14-18,22H,4-6,8-10,12-13H2,1-3H3,(H,21,23). The van der Waals surface area contributed by atoms with E-state index in [1.807, 2.05) is 20.8 Å². The molecule has 1 amide bonds. The highest BCUT2D eigenvalue weighted by atomic mass is 16.6. The van der Waals surface area contributed by atoms with E-state index in [0.717, 1.165) is 11.8 Å². The number of hydrogen-bond acceptors (Lipinski definition) is 3. The van der Waals surface area contributed by atoms with Crippen LogP contribution in [0.4, 0.5) is 4.79 Å². The zero-order valence-electron chi connectivity index (χ0n) is 15.5. The molecule has 4 unspecified atom stereocenters. The fourth-order valence-corrected chi connectivity index (χ4v) is 4.59. The molecule has 24 heavy (non-hydrogen) atoms. The van der Waals surface area contributed by atoms with E-state index >= 15 is 0 Å². The van der Waals surface area contributed by atoms with Gasteiger partial charge in [0.25, 0.3) is 0 Å². The minimum absolute atomic E-state index is 0.294. The summed E-state index contributed by atoms with van der Waals surface area (Å²) in [5, 5.41) is 6.90. The fourth-order valence-electron chi connectivity index (χ4n) is 4.59. The Hall–Kier alpha value is -1.03. The third kappa shape index (κ3) is 4.53. The normalized spacial score (nSPS) is 31.2. The quantitative estimate of drug-likeness (QED) is 0.747. The largest absolute Gasteiger partial charge is 0.444 e. The Balaban J connectivity index is 1.53. The molecule has 4 atom stereocenters. The second-order valence-corrected chi connectivity index (χ2v) is 8.90. The van der Waals surface area contributed by atoms with Crippen LogP contribution in [0.1, 0.15) is 65.7 Å². The molecule has 4 heteroatoms. The number of alkyl carbamates (subject to hydrolysis) is 1. The molecule has 4 nitrogen and oxygen atoms in total. The monoisotopic (exact) mass is 334 g/mol. The molecule has 0 radical (unpaired) electrons. The molecular weight excluding hydrogens is 300 g/mol. The van der Waals surface area contributed by atoms with Crippen LogP contribution in [-0.4, -0.2) is 30.3 Å². The van der Waals surface area contributed by atoms with Gasteiger partial charge in [0.15, 0.2) is 0 Å². The maximum absolute atomic E-state index is 12.0. The number of fused-ring (bicyclic) bond motifs is 1. The first-order valence-corrected chi connectivity index (χ1v) is 9.82. The van der Waals surface area contributed by atoms with Crippen LogP contribution in [0, 0.1) is 17.8 Å². The summed E-state index contributed by atoms with van der Waals surface area (Å²) in [5.74, 6) is 2.27. The number of nitrogens with one attached hydrogen (secondary N) is 2. The molecule has 0 aromatic rings. The minimum Gasteiger partial charge on any atom is -0.444 e. The fraction of sp³-hybridized carbons (Fsp3) is 0.850. The van der Waals surface area contributed by atoms with Crippen molar-refractivity contribution in [1.82, 2.24) is 10.6 Å². The summed E-state index contributed by atoms with van der Waals surface area (Å²) < 4.78 is 5.40. The second-order valence-electron chi connectivity index (χ2n) is 8.90. The smallest absolute Gasteiger partial charge is 0.407 e. The van der Waals surface area contributed by atoms with Crippen LogP contribution < -0.4 is 10.6 Å². The number of carbonyl (C=O) groups excluding carboxylic acids is 1. The van der Waals surface area contributed by atoms with Gasteiger partial charge in [-0.2, -0.15) is 0 Å². The van der Waals surface area contributed by atoms with Crippen molar-refractivity contribution in [3.8, 4) is 0 Å². The molecule has 3 aliphatic carbocycles. The van der Waals surface area contributed by atoms with Gasteiger partial charge in [0.05, 0.1) is 0 Å². The molecule has 2 fully saturated rings. The molecule has 2 saturated carbocycles. The van der Waals surface area contributed by atoms with E-state index in [2.05, 4.69) is 22.8 Å². The van der Waals surface area contributed by atoms with Gasteiger partial charge < -0.3 is 15.4 Å². The Bertz CT molecular complexity index is 463. The van der Waals surface area contributed by atoms with Crippen molar-refractivity contribution in [2.75, 3.05) is 6.54 Å². The Labute approximate surface area is 146 Å². The molecule has 3 rings (SSSR count). The SMILES string of the molecule is CC(C)(C)OC(=O)NCC(NC1CC2CC=CC21)C1CCCCC1. The highest BCUT2D eigenvalue weighted by Gasteiger charge is 2.42. The lowest BCUT2D eigenvalue weighted by Crippen LogP contribution is -2.57. The van der Waals surface area contributed by atoms with Crippen molar-refractivity contribution in [1.29, 1.82) is 0 Å². The van der Waals surface area contributed by atoms with Crippen LogP contribution in [0.5, 0.6) is 0 Å². The average Bonchev–Trinajstić information content (AvgIpc) is 2.88. The maximum atomic E-state index is 12.0. The van der Waals surface area contributed by atoms with Crippen LogP contribution in [0.3, 0.4) is 0 Å². The highest BCUT2D eigenvalue weighted by Crippen LogP contribution is 2.43. The summed E-state index contributed by atoms with van der Waals surface area (Å²) in [6.07, 6.45) is 13.6. The number of carbonyl (C=O) groups is 1. The summed E-state index contributed by atoms with van der Waals surface area (Å²) in [6.45, 7) is 6.40. The van der Waals surface area contributed by atoms with Gasteiger partial charge in [-0.05, 0) is 64.2 Å². The van der Waals surface area contributed by atoms with Crippen LogP contribution in [0.15, 0.2) is 12.2 Å². The van der Waals surface area contributed by atoms with Gasteiger partial charge >= 0.3 is 6.09 Å². The Kier molecular flexibility index (Phi) is 5.53. The molecule has 0 spiro atoms. The number of amides is 1. The first-order chi connectivity index (χ1) is 11.4. The summed E-state index contributed by atoms with van der Waals surface area (Å²) in [5.41, 5.74) is -0.437. The molecule has 136 valence electrons. The predicted octanol–water partition coefficient (Wildman–Crippen LogP) is 4.01. The molecule has 0 bridgehead atoms. The van der Waals surface area contributed by atoms with Crippen LogP contribution in [-0.2, 0) is 4.74 Å². The van der Waals surface area contributed by atoms with Gasteiger partial charge in [-0.1, -0.05) is 31.4 Å². The van der Waals surface area contributed by atoms with Crippen LogP contribution >= 0.6 is 0 Å². The van der Waals surface area contributed by atoms with E-state index in [1.165, 1.54) is 44.9 Å². The van der Waals surface area contributed by atoms with E-state index in [-0.39, 0.29) is 6.09 Å². The lowest BCUT2D eigenvalue weighted by molar-refractivity contribution is 0.0505. The molecule has 0 aromatic carbocycles. The molecule has 0 saturated heterocycles. The van der Waals surface area contributed by atoms with E-state index in [0.29, 0.717) is 24.5 Å². The number of ether oxygens (including phenoxy) is 1. The van der Waals surface area contributed by atoms with E-state index in [9.17, 15) is 4.79 Å². The van der Waals surface area contributed by atoms with E-state index < -0.39 is 5.60 Å². The molecule has 0 aliphatic heterocycles. The Morgan fingerprint density at radius 1 is 1.25 bits per heavy atom. The first kappa shape index (κ1) is 17.8. The minimum atomic E-state index is -0.437. The lowest BCUT2D eigenvalue weighted by Gasteiger charge is -2.44. The van der Waals surface area contributed by atoms with Gasteiger partial charge in [0.1, 0.15) is 5.60 Å². The van der Waals surface area contributed by atoms with Crippen molar-refractivity contribution in [3.63, 3.8) is 0 Å². The summed E-state index contributed by atoms with van der Waals surface area (Å²) >= 11 is 0. The molecular formula is C20H34N2O2.